The Hall–Kier alpha value is -1.20. The maximum absolute atomic E-state index is 5.76. The number of aromatic nitrogens is 2. The molecule has 0 radical (unpaired) electrons. The summed E-state index contributed by atoms with van der Waals surface area (Å²) in [6, 6.07) is 2.48. The van der Waals surface area contributed by atoms with Crippen molar-refractivity contribution in [2.24, 2.45) is 0 Å². The third-order valence-corrected chi connectivity index (χ3v) is 3.76. The monoisotopic (exact) mass is 263 g/mol. The Labute approximate surface area is 115 Å². The number of likely N-dealkylation sites (tertiary alicyclic amines) is 1. The van der Waals surface area contributed by atoms with Gasteiger partial charge in [-0.2, -0.15) is 0 Å². The molecule has 0 spiro atoms. The zero-order valence-electron chi connectivity index (χ0n) is 12.3. The van der Waals surface area contributed by atoms with Crippen molar-refractivity contribution in [3.8, 4) is 0 Å². The molecule has 2 rings (SSSR count). The summed E-state index contributed by atoms with van der Waals surface area (Å²) in [6.07, 6.45) is 2.62. The molecule has 0 aliphatic carbocycles. The van der Waals surface area contributed by atoms with Crippen LogP contribution in [-0.4, -0.2) is 52.5 Å². The smallest absolute Gasteiger partial charge is 0.144 e. The third-order valence-electron chi connectivity index (χ3n) is 3.76. The highest BCUT2D eigenvalue weighted by Gasteiger charge is 2.24. The number of aryl methyl sites for hydroxylation is 1. The maximum atomic E-state index is 5.76. The van der Waals surface area contributed by atoms with E-state index in [4.69, 9.17) is 5.73 Å². The van der Waals surface area contributed by atoms with Gasteiger partial charge in [-0.1, -0.05) is 6.92 Å². The van der Waals surface area contributed by atoms with Crippen LogP contribution in [0, 0.1) is 6.92 Å². The van der Waals surface area contributed by atoms with Crippen LogP contribution >= 0.6 is 0 Å². The van der Waals surface area contributed by atoms with Crippen molar-refractivity contribution in [2.45, 2.75) is 39.3 Å². The fraction of sp³-hybridized carbons (Fsp3) is 0.714. The van der Waals surface area contributed by atoms with Gasteiger partial charge < -0.3 is 5.73 Å². The highest BCUT2D eigenvalue weighted by atomic mass is 15.2. The van der Waals surface area contributed by atoms with Crippen molar-refractivity contribution >= 4 is 5.82 Å². The average Bonchev–Trinajstić information content (AvgIpc) is 2.74. The van der Waals surface area contributed by atoms with E-state index in [1.165, 1.54) is 19.4 Å². The number of likely N-dealkylation sites (N-methyl/N-ethyl adjacent to an activating group) is 2. The van der Waals surface area contributed by atoms with Crippen molar-refractivity contribution < 1.29 is 0 Å². The van der Waals surface area contributed by atoms with Gasteiger partial charge in [0.1, 0.15) is 11.6 Å². The molecule has 1 saturated heterocycles. The van der Waals surface area contributed by atoms with Crippen LogP contribution in [0.4, 0.5) is 5.82 Å². The summed E-state index contributed by atoms with van der Waals surface area (Å²) >= 11 is 0. The van der Waals surface area contributed by atoms with Crippen molar-refractivity contribution in [3.63, 3.8) is 0 Å². The number of hydrogen-bond donors (Lipinski definition) is 1. The van der Waals surface area contributed by atoms with Gasteiger partial charge >= 0.3 is 0 Å². The Bertz CT molecular complexity index is 400. The lowest BCUT2D eigenvalue weighted by atomic mass is 10.2. The van der Waals surface area contributed by atoms with E-state index >= 15 is 0 Å². The molecular weight excluding hydrogens is 238 g/mol. The van der Waals surface area contributed by atoms with Crippen LogP contribution in [0.2, 0.25) is 0 Å². The Morgan fingerprint density at radius 3 is 2.95 bits per heavy atom. The number of anilines is 1. The van der Waals surface area contributed by atoms with Gasteiger partial charge in [-0.3, -0.25) is 9.80 Å². The molecule has 1 aliphatic heterocycles. The molecular formula is C14H25N5. The predicted molar refractivity (Wildman–Crippen MR) is 77.8 cm³/mol. The molecule has 106 valence electrons. The van der Waals surface area contributed by atoms with Gasteiger partial charge in [0.05, 0.1) is 6.54 Å². The second-order valence-electron chi connectivity index (χ2n) is 5.47. The van der Waals surface area contributed by atoms with Crippen molar-refractivity contribution in [3.05, 3.63) is 17.6 Å². The number of rotatable bonds is 5. The topological polar surface area (TPSA) is 58.3 Å². The summed E-state index contributed by atoms with van der Waals surface area (Å²) in [6.45, 7) is 8.42. The molecule has 0 amide bonds. The van der Waals surface area contributed by atoms with Crippen molar-refractivity contribution in [1.29, 1.82) is 0 Å². The minimum Gasteiger partial charge on any atom is -0.384 e. The second kappa shape index (κ2) is 6.30. The molecule has 1 atom stereocenters. The molecule has 1 fully saturated rings. The van der Waals surface area contributed by atoms with Crippen LogP contribution in [0.15, 0.2) is 6.07 Å². The summed E-state index contributed by atoms with van der Waals surface area (Å²) in [7, 11) is 2.13. The molecule has 1 unspecified atom stereocenters. The molecule has 19 heavy (non-hydrogen) atoms. The molecule has 1 aliphatic rings. The third kappa shape index (κ3) is 3.88. The number of nitrogens with two attached hydrogens (primary N) is 1. The summed E-state index contributed by atoms with van der Waals surface area (Å²) in [5, 5.41) is 0. The summed E-state index contributed by atoms with van der Waals surface area (Å²) in [5.74, 6) is 1.38. The fourth-order valence-corrected chi connectivity index (χ4v) is 2.91. The van der Waals surface area contributed by atoms with E-state index in [-0.39, 0.29) is 0 Å². The molecule has 2 N–H and O–H groups in total. The average molecular weight is 263 g/mol. The fourth-order valence-electron chi connectivity index (χ4n) is 2.91. The zero-order chi connectivity index (χ0) is 13.8. The maximum Gasteiger partial charge on any atom is 0.144 e. The molecule has 1 aromatic rings. The second-order valence-corrected chi connectivity index (χ2v) is 5.47. The van der Waals surface area contributed by atoms with Gasteiger partial charge in [-0.05, 0) is 39.9 Å². The quantitative estimate of drug-likeness (QED) is 0.867. The molecule has 0 aromatic carbocycles. The van der Waals surface area contributed by atoms with Gasteiger partial charge in [-0.25, -0.2) is 9.97 Å². The number of nitrogens with zero attached hydrogens (tertiary/aromatic N) is 4. The first-order chi connectivity index (χ1) is 9.08. The van der Waals surface area contributed by atoms with Crippen LogP contribution in [0.25, 0.3) is 0 Å². The summed E-state index contributed by atoms with van der Waals surface area (Å²) < 4.78 is 0. The van der Waals surface area contributed by atoms with E-state index in [0.29, 0.717) is 11.9 Å². The molecule has 0 saturated carbocycles. The first-order valence-electron chi connectivity index (χ1n) is 7.11. The lowest BCUT2D eigenvalue weighted by Gasteiger charge is -2.27. The predicted octanol–water partition coefficient (Wildman–Crippen LogP) is 1.28. The first-order valence-corrected chi connectivity index (χ1v) is 7.11. The minimum absolute atomic E-state index is 0.562. The van der Waals surface area contributed by atoms with Crippen LogP contribution in [-0.2, 0) is 6.54 Å². The van der Waals surface area contributed by atoms with Crippen molar-refractivity contribution in [2.75, 3.05) is 32.4 Å². The van der Waals surface area contributed by atoms with E-state index in [9.17, 15) is 0 Å². The summed E-state index contributed by atoms with van der Waals surface area (Å²) in [4.78, 5) is 13.6. The van der Waals surface area contributed by atoms with E-state index in [1.807, 2.05) is 6.92 Å². The number of hydrogen-bond acceptors (Lipinski definition) is 5. The Balaban J connectivity index is 1.91. The zero-order valence-corrected chi connectivity index (χ0v) is 12.3. The van der Waals surface area contributed by atoms with Crippen molar-refractivity contribution in [1.82, 2.24) is 19.8 Å². The number of nitrogen functional groups attached to an aromatic ring is 1. The van der Waals surface area contributed by atoms with E-state index in [0.717, 1.165) is 31.2 Å². The molecule has 0 bridgehead atoms. The van der Waals surface area contributed by atoms with Crippen LogP contribution in [0.1, 0.15) is 31.3 Å². The van der Waals surface area contributed by atoms with E-state index in [1.54, 1.807) is 6.07 Å². The molecule has 2 heterocycles. The summed E-state index contributed by atoms with van der Waals surface area (Å²) in [5.41, 5.74) is 6.70. The van der Waals surface area contributed by atoms with Gasteiger partial charge in [0.25, 0.3) is 0 Å². The standard InChI is InChI=1S/C14H25N5/c1-4-19-7-5-6-12(19)9-18(3)10-14-16-11(2)8-13(15)17-14/h8,12H,4-7,9-10H2,1-3H3,(H2,15,16,17). The normalized spacial score (nSPS) is 20.3. The Morgan fingerprint density at radius 1 is 1.47 bits per heavy atom. The van der Waals surface area contributed by atoms with Gasteiger partial charge in [-0.15, -0.1) is 0 Å². The highest BCUT2D eigenvalue weighted by molar-refractivity contribution is 5.29. The SMILES string of the molecule is CCN1CCCC1CN(C)Cc1nc(C)cc(N)n1. The van der Waals surface area contributed by atoms with Gasteiger partial charge in [0.2, 0.25) is 0 Å². The van der Waals surface area contributed by atoms with E-state index < -0.39 is 0 Å². The lowest BCUT2D eigenvalue weighted by molar-refractivity contribution is 0.192. The van der Waals surface area contributed by atoms with Crippen LogP contribution in [0.3, 0.4) is 0 Å². The molecule has 5 heteroatoms. The highest BCUT2D eigenvalue weighted by Crippen LogP contribution is 2.17. The molecule has 1 aromatic heterocycles. The Kier molecular flexibility index (Phi) is 4.71. The van der Waals surface area contributed by atoms with E-state index in [2.05, 4.69) is 33.7 Å². The Morgan fingerprint density at radius 2 is 2.26 bits per heavy atom. The first kappa shape index (κ1) is 14.2. The van der Waals surface area contributed by atoms with Crippen LogP contribution in [0.5, 0.6) is 0 Å². The van der Waals surface area contributed by atoms with Gasteiger partial charge in [0.15, 0.2) is 0 Å². The van der Waals surface area contributed by atoms with Crippen LogP contribution < -0.4 is 5.73 Å². The molecule has 5 nitrogen and oxygen atoms in total. The lowest BCUT2D eigenvalue weighted by Crippen LogP contribution is -2.38. The minimum atomic E-state index is 0.562. The van der Waals surface area contributed by atoms with Gasteiger partial charge in [0, 0.05) is 24.3 Å². The largest absolute Gasteiger partial charge is 0.384 e.